The molecule has 1 aliphatic carbocycles. The van der Waals surface area contributed by atoms with Crippen LogP contribution in [0.3, 0.4) is 0 Å². The van der Waals surface area contributed by atoms with Crippen LogP contribution in [-0.4, -0.2) is 8.42 Å². The molecule has 4 aromatic rings. The molecule has 4 nitrogen and oxygen atoms in total. The smallest absolute Gasteiger partial charge is 0.261 e. The minimum atomic E-state index is -3.73. The largest absolute Gasteiger partial charge is 0.460 e. The predicted molar refractivity (Wildman–Crippen MR) is 131 cm³/mol. The molecule has 0 fully saturated rings. The monoisotopic (exact) mass is 447 g/mol. The Kier molecular flexibility index (Phi) is 4.86. The fourth-order valence-corrected chi connectivity index (χ4v) is 5.76. The van der Waals surface area contributed by atoms with Gasteiger partial charge in [-0.2, -0.15) is 0 Å². The van der Waals surface area contributed by atoms with Crippen molar-refractivity contribution >= 4 is 37.5 Å². The summed E-state index contributed by atoms with van der Waals surface area (Å²) in [6.07, 6.45) is 3.01. The highest BCUT2D eigenvalue weighted by molar-refractivity contribution is 7.92. The van der Waals surface area contributed by atoms with E-state index < -0.39 is 10.0 Å². The Morgan fingerprint density at radius 2 is 1.66 bits per heavy atom. The molecule has 1 aliphatic rings. The third-order valence-electron chi connectivity index (χ3n) is 6.57. The molecule has 1 atom stereocenters. The van der Waals surface area contributed by atoms with Crippen molar-refractivity contribution in [3.8, 4) is 0 Å². The molecule has 1 heterocycles. The van der Waals surface area contributed by atoms with Crippen LogP contribution in [0, 0.1) is 5.92 Å². The number of aryl methyl sites for hydroxylation is 1. The van der Waals surface area contributed by atoms with Crippen molar-refractivity contribution in [2.45, 2.75) is 57.3 Å². The summed E-state index contributed by atoms with van der Waals surface area (Å²) in [5.41, 5.74) is 3.74. The zero-order chi connectivity index (χ0) is 22.7. The lowest BCUT2D eigenvalue weighted by molar-refractivity contribution is 0.439. The van der Waals surface area contributed by atoms with Gasteiger partial charge < -0.3 is 4.42 Å². The number of hydrogen-bond donors (Lipinski definition) is 1. The summed E-state index contributed by atoms with van der Waals surface area (Å²) in [6.45, 7) is 8.60. The highest BCUT2D eigenvalue weighted by atomic mass is 32.2. The number of anilines is 1. The van der Waals surface area contributed by atoms with Crippen LogP contribution in [0.5, 0.6) is 0 Å². The molecular weight excluding hydrogens is 418 g/mol. The van der Waals surface area contributed by atoms with Crippen LogP contribution < -0.4 is 4.72 Å². The fourth-order valence-electron chi connectivity index (χ4n) is 4.69. The SMILES string of the molecule is C[C@H]1CCc2oc3c(cc(NS(=O)(=O)c4ccc(C(C)(C)C)cc4)c4ccccc43)c2C1. The predicted octanol–water partition coefficient (Wildman–Crippen LogP) is 6.81. The van der Waals surface area contributed by atoms with Crippen LogP contribution in [0.2, 0.25) is 0 Å². The highest BCUT2D eigenvalue weighted by Gasteiger charge is 2.25. The summed E-state index contributed by atoms with van der Waals surface area (Å²) in [4.78, 5) is 0.262. The van der Waals surface area contributed by atoms with Crippen LogP contribution in [0.15, 0.2) is 63.9 Å². The molecule has 0 unspecified atom stereocenters. The second-order valence-electron chi connectivity index (χ2n) is 10.1. The summed E-state index contributed by atoms with van der Waals surface area (Å²) in [6, 6.07) is 17.0. The van der Waals surface area contributed by atoms with Crippen LogP contribution in [-0.2, 0) is 28.3 Å². The standard InChI is InChI=1S/C27H29NO3S/c1-17-9-14-25-22(15-17)23-16-24(20-7-5-6-8-21(20)26(23)31-25)28-32(29,30)19-12-10-18(11-13-19)27(2,3)4/h5-8,10-13,16-17,28H,9,14-15H2,1-4H3/t17-/m0/s1. The number of benzene rings is 3. The van der Waals surface area contributed by atoms with Crippen molar-refractivity contribution in [2.75, 3.05) is 4.72 Å². The Morgan fingerprint density at radius 1 is 0.969 bits per heavy atom. The van der Waals surface area contributed by atoms with Crippen LogP contribution in [0.4, 0.5) is 5.69 Å². The molecule has 3 aromatic carbocycles. The molecule has 0 radical (unpaired) electrons. The lowest BCUT2D eigenvalue weighted by Crippen LogP contribution is -2.15. The summed E-state index contributed by atoms with van der Waals surface area (Å²) >= 11 is 0. The second kappa shape index (κ2) is 7.38. The molecule has 0 saturated heterocycles. The maximum absolute atomic E-state index is 13.3. The van der Waals surface area contributed by atoms with Crippen LogP contribution in [0.25, 0.3) is 21.7 Å². The number of furan rings is 1. The average molecular weight is 448 g/mol. The van der Waals surface area contributed by atoms with Gasteiger partial charge in [-0.05, 0) is 47.9 Å². The van der Waals surface area contributed by atoms with E-state index in [2.05, 4.69) is 32.4 Å². The molecule has 32 heavy (non-hydrogen) atoms. The van der Waals surface area contributed by atoms with E-state index in [1.54, 1.807) is 12.1 Å². The maximum atomic E-state index is 13.3. The molecule has 1 N–H and O–H groups in total. The van der Waals surface area contributed by atoms with Gasteiger partial charge in [0.1, 0.15) is 11.3 Å². The first-order valence-corrected chi connectivity index (χ1v) is 12.7. The molecule has 0 amide bonds. The normalized spacial score (nSPS) is 16.9. The number of nitrogens with one attached hydrogen (secondary N) is 1. The lowest BCUT2D eigenvalue weighted by Gasteiger charge is -2.19. The lowest BCUT2D eigenvalue weighted by atomic mass is 9.87. The first kappa shape index (κ1) is 21.1. The van der Waals surface area contributed by atoms with Gasteiger partial charge in [0.15, 0.2) is 0 Å². The topological polar surface area (TPSA) is 59.3 Å². The van der Waals surface area contributed by atoms with Gasteiger partial charge in [-0.1, -0.05) is 64.1 Å². The molecule has 5 heteroatoms. The second-order valence-corrected chi connectivity index (χ2v) is 11.8. The zero-order valence-corrected chi connectivity index (χ0v) is 19.8. The summed E-state index contributed by atoms with van der Waals surface area (Å²) in [7, 11) is -3.73. The molecule has 0 aliphatic heterocycles. The Hall–Kier alpha value is -2.79. The molecule has 0 spiro atoms. The van der Waals surface area contributed by atoms with Crippen LogP contribution >= 0.6 is 0 Å². The van der Waals surface area contributed by atoms with Crippen molar-refractivity contribution in [1.29, 1.82) is 0 Å². The van der Waals surface area contributed by atoms with Gasteiger partial charge in [-0.15, -0.1) is 0 Å². The van der Waals surface area contributed by atoms with E-state index in [9.17, 15) is 8.42 Å². The van der Waals surface area contributed by atoms with Gasteiger partial charge in [0.05, 0.1) is 10.6 Å². The van der Waals surface area contributed by atoms with Crippen molar-refractivity contribution in [3.63, 3.8) is 0 Å². The zero-order valence-electron chi connectivity index (χ0n) is 19.0. The van der Waals surface area contributed by atoms with E-state index in [1.807, 2.05) is 42.5 Å². The maximum Gasteiger partial charge on any atom is 0.261 e. The first-order valence-electron chi connectivity index (χ1n) is 11.2. The Morgan fingerprint density at radius 3 is 2.34 bits per heavy atom. The van der Waals surface area contributed by atoms with Crippen molar-refractivity contribution in [1.82, 2.24) is 0 Å². The molecular formula is C27H29NO3S. The van der Waals surface area contributed by atoms with Gasteiger partial charge in [-0.3, -0.25) is 4.72 Å². The van der Waals surface area contributed by atoms with E-state index in [1.165, 1.54) is 5.56 Å². The molecule has 5 rings (SSSR count). The van der Waals surface area contributed by atoms with E-state index in [4.69, 9.17) is 4.42 Å². The third kappa shape index (κ3) is 3.58. The van der Waals surface area contributed by atoms with Gasteiger partial charge in [0.2, 0.25) is 0 Å². The first-order chi connectivity index (χ1) is 15.1. The Labute approximate surface area is 189 Å². The Bertz CT molecular complexity index is 1420. The molecule has 166 valence electrons. The van der Waals surface area contributed by atoms with E-state index in [0.717, 1.165) is 52.3 Å². The molecule has 1 aromatic heterocycles. The summed E-state index contributed by atoms with van der Waals surface area (Å²) < 4.78 is 35.7. The Balaban J connectivity index is 1.62. The van der Waals surface area contributed by atoms with Gasteiger partial charge in [0.25, 0.3) is 10.0 Å². The van der Waals surface area contributed by atoms with E-state index in [0.29, 0.717) is 11.6 Å². The summed E-state index contributed by atoms with van der Waals surface area (Å²) in [5, 5.41) is 2.80. The van der Waals surface area contributed by atoms with Crippen molar-refractivity contribution in [3.05, 3.63) is 71.5 Å². The van der Waals surface area contributed by atoms with Crippen molar-refractivity contribution < 1.29 is 12.8 Å². The minimum Gasteiger partial charge on any atom is -0.460 e. The van der Waals surface area contributed by atoms with E-state index in [-0.39, 0.29) is 10.3 Å². The quantitative estimate of drug-likeness (QED) is 0.375. The number of fused-ring (bicyclic) bond motifs is 5. The molecule has 0 bridgehead atoms. The van der Waals surface area contributed by atoms with Gasteiger partial charge in [0, 0.05) is 28.1 Å². The van der Waals surface area contributed by atoms with E-state index >= 15 is 0 Å². The van der Waals surface area contributed by atoms with Gasteiger partial charge >= 0.3 is 0 Å². The average Bonchev–Trinajstić information content (AvgIpc) is 3.11. The highest BCUT2D eigenvalue weighted by Crippen LogP contribution is 2.40. The number of hydrogen-bond acceptors (Lipinski definition) is 3. The minimum absolute atomic E-state index is 0.0333. The van der Waals surface area contributed by atoms with Crippen molar-refractivity contribution in [2.24, 2.45) is 5.92 Å². The summed E-state index contributed by atoms with van der Waals surface area (Å²) in [5.74, 6) is 1.64. The number of rotatable bonds is 3. The van der Waals surface area contributed by atoms with Gasteiger partial charge in [-0.25, -0.2) is 8.42 Å². The molecule has 0 saturated carbocycles. The third-order valence-corrected chi connectivity index (χ3v) is 7.96. The number of sulfonamides is 1. The fraction of sp³-hybridized carbons (Fsp3) is 0.333. The van der Waals surface area contributed by atoms with Crippen LogP contribution in [0.1, 0.15) is 51.0 Å².